The molecule has 2 aromatic carbocycles. The van der Waals surface area contributed by atoms with E-state index in [1.807, 2.05) is 0 Å². The number of anilines is 1. The van der Waals surface area contributed by atoms with E-state index < -0.39 is 16.6 Å². The maximum Gasteiger partial charge on any atom is 0.255 e. The molecule has 0 heterocycles. The number of rotatable bonds is 3. The SMILES string of the molecule is Cc1ccc(F)cc1NC(=O)c1ccc(S(C)=O)cc1. The molecule has 0 fully saturated rings. The molecule has 0 spiro atoms. The minimum atomic E-state index is -1.08. The number of amides is 1. The molecule has 0 aliphatic carbocycles. The largest absolute Gasteiger partial charge is 0.322 e. The molecule has 0 aliphatic rings. The fourth-order valence-corrected chi connectivity index (χ4v) is 2.24. The lowest BCUT2D eigenvalue weighted by Gasteiger charge is -2.08. The van der Waals surface area contributed by atoms with Crippen LogP contribution in [0, 0.1) is 12.7 Å². The van der Waals surface area contributed by atoms with Crippen LogP contribution in [0.1, 0.15) is 15.9 Å². The summed E-state index contributed by atoms with van der Waals surface area (Å²) in [6, 6.07) is 10.7. The quantitative estimate of drug-likeness (QED) is 0.944. The van der Waals surface area contributed by atoms with Crippen molar-refractivity contribution in [2.24, 2.45) is 0 Å². The standard InChI is InChI=1S/C15H14FNO2S/c1-10-3-6-12(16)9-14(10)17-15(18)11-4-7-13(8-5-11)20(2)19/h3-9H,1-2H3,(H,17,18). The van der Waals surface area contributed by atoms with E-state index in [-0.39, 0.29) is 5.91 Å². The molecular formula is C15H14FNO2S. The van der Waals surface area contributed by atoms with Gasteiger partial charge in [0.25, 0.3) is 5.91 Å². The lowest BCUT2D eigenvalue weighted by molar-refractivity contribution is 0.102. The van der Waals surface area contributed by atoms with Gasteiger partial charge in [-0.1, -0.05) is 6.07 Å². The van der Waals surface area contributed by atoms with Crippen molar-refractivity contribution in [3.63, 3.8) is 0 Å². The Bertz CT molecular complexity index is 668. The van der Waals surface area contributed by atoms with Crippen LogP contribution in [0.25, 0.3) is 0 Å². The number of halogens is 1. The van der Waals surface area contributed by atoms with Crippen LogP contribution in [0.15, 0.2) is 47.4 Å². The molecule has 1 atom stereocenters. The number of hydrogen-bond donors (Lipinski definition) is 1. The second-order valence-corrected chi connectivity index (χ2v) is 5.77. The van der Waals surface area contributed by atoms with Gasteiger partial charge in [-0.25, -0.2) is 4.39 Å². The molecule has 0 bridgehead atoms. The molecule has 0 aliphatic heterocycles. The first kappa shape index (κ1) is 14.4. The van der Waals surface area contributed by atoms with Crippen LogP contribution in [0.3, 0.4) is 0 Å². The van der Waals surface area contributed by atoms with Crippen molar-refractivity contribution in [3.05, 3.63) is 59.4 Å². The molecule has 0 saturated carbocycles. The summed E-state index contributed by atoms with van der Waals surface area (Å²) in [5.74, 6) is -0.727. The fourth-order valence-electron chi connectivity index (χ4n) is 1.72. The monoisotopic (exact) mass is 291 g/mol. The zero-order valence-corrected chi connectivity index (χ0v) is 12.0. The molecule has 0 aromatic heterocycles. The van der Waals surface area contributed by atoms with E-state index in [2.05, 4.69) is 5.32 Å². The van der Waals surface area contributed by atoms with E-state index in [0.29, 0.717) is 16.1 Å². The maximum atomic E-state index is 13.2. The first-order chi connectivity index (χ1) is 9.47. The third kappa shape index (κ3) is 3.30. The van der Waals surface area contributed by atoms with Crippen LogP contribution in [-0.2, 0) is 10.8 Å². The molecule has 0 radical (unpaired) electrons. The highest BCUT2D eigenvalue weighted by Gasteiger charge is 2.09. The summed E-state index contributed by atoms with van der Waals surface area (Å²) in [4.78, 5) is 12.7. The molecule has 1 amide bonds. The average molecular weight is 291 g/mol. The van der Waals surface area contributed by atoms with Crippen molar-refractivity contribution in [1.29, 1.82) is 0 Å². The van der Waals surface area contributed by atoms with E-state index in [1.165, 1.54) is 12.1 Å². The first-order valence-corrected chi connectivity index (χ1v) is 7.54. The highest BCUT2D eigenvalue weighted by molar-refractivity contribution is 7.84. The van der Waals surface area contributed by atoms with Gasteiger partial charge in [-0.15, -0.1) is 0 Å². The van der Waals surface area contributed by atoms with Gasteiger partial charge in [0, 0.05) is 33.2 Å². The van der Waals surface area contributed by atoms with Crippen LogP contribution in [0.5, 0.6) is 0 Å². The van der Waals surface area contributed by atoms with Crippen molar-refractivity contribution >= 4 is 22.4 Å². The van der Waals surface area contributed by atoms with Crippen molar-refractivity contribution in [2.75, 3.05) is 11.6 Å². The van der Waals surface area contributed by atoms with Crippen molar-refractivity contribution in [1.82, 2.24) is 0 Å². The summed E-state index contributed by atoms with van der Waals surface area (Å²) in [7, 11) is -1.08. The Kier molecular flexibility index (Phi) is 4.29. The van der Waals surface area contributed by atoms with Gasteiger partial charge in [-0.05, 0) is 48.9 Å². The van der Waals surface area contributed by atoms with E-state index in [1.54, 1.807) is 43.5 Å². The summed E-state index contributed by atoms with van der Waals surface area (Å²) in [5.41, 5.74) is 1.66. The van der Waals surface area contributed by atoms with E-state index >= 15 is 0 Å². The molecule has 2 aromatic rings. The predicted molar refractivity (Wildman–Crippen MR) is 77.9 cm³/mol. The molecule has 20 heavy (non-hydrogen) atoms. The third-order valence-corrected chi connectivity index (χ3v) is 3.83. The fraction of sp³-hybridized carbons (Fsp3) is 0.133. The highest BCUT2D eigenvalue weighted by atomic mass is 32.2. The number of carbonyl (C=O) groups excluding carboxylic acids is 1. The van der Waals surface area contributed by atoms with Crippen LogP contribution < -0.4 is 5.32 Å². The van der Waals surface area contributed by atoms with Crippen LogP contribution >= 0.6 is 0 Å². The Labute approximate surface area is 119 Å². The minimum Gasteiger partial charge on any atom is -0.322 e. The Balaban J connectivity index is 2.19. The average Bonchev–Trinajstić information content (AvgIpc) is 2.43. The molecule has 3 nitrogen and oxygen atoms in total. The van der Waals surface area contributed by atoms with Crippen molar-refractivity contribution in [2.45, 2.75) is 11.8 Å². The van der Waals surface area contributed by atoms with Crippen LogP contribution in [0.4, 0.5) is 10.1 Å². The molecular weight excluding hydrogens is 277 g/mol. The Morgan fingerprint density at radius 2 is 1.80 bits per heavy atom. The lowest BCUT2D eigenvalue weighted by Crippen LogP contribution is -2.13. The van der Waals surface area contributed by atoms with E-state index in [4.69, 9.17) is 0 Å². The van der Waals surface area contributed by atoms with Gasteiger partial charge in [0.2, 0.25) is 0 Å². The van der Waals surface area contributed by atoms with Gasteiger partial charge < -0.3 is 5.32 Å². The Morgan fingerprint density at radius 3 is 2.40 bits per heavy atom. The number of hydrogen-bond acceptors (Lipinski definition) is 2. The summed E-state index contributed by atoms with van der Waals surface area (Å²) in [5, 5.41) is 2.66. The summed E-state index contributed by atoms with van der Waals surface area (Å²) in [6.45, 7) is 1.79. The Hall–Kier alpha value is -2.01. The zero-order valence-electron chi connectivity index (χ0n) is 11.1. The highest BCUT2D eigenvalue weighted by Crippen LogP contribution is 2.17. The van der Waals surface area contributed by atoms with Crippen LogP contribution in [0.2, 0.25) is 0 Å². The summed E-state index contributed by atoms with van der Waals surface area (Å²) < 4.78 is 24.4. The second-order valence-electron chi connectivity index (χ2n) is 4.39. The maximum absolute atomic E-state index is 13.2. The minimum absolute atomic E-state index is 0.327. The van der Waals surface area contributed by atoms with Gasteiger partial charge >= 0.3 is 0 Å². The number of aryl methyl sites for hydroxylation is 1. The van der Waals surface area contributed by atoms with Crippen molar-refractivity contribution in [3.8, 4) is 0 Å². The molecule has 5 heteroatoms. The van der Waals surface area contributed by atoms with Gasteiger partial charge in [-0.2, -0.15) is 0 Å². The second kappa shape index (κ2) is 5.96. The molecule has 2 rings (SSSR count). The normalized spacial score (nSPS) is 11.9. The van der Waals surface area contributed by atoms with Gasteiger partial charge in [0.05, 0.1) is 0 Å². The number of carbonyl (C=O) groups is 1. The number of nitrogens with one attached hydrogen (secondary N) is 1. The first-order valence-electron chi connectivity index (χ1n) is 5.98. The topological polar surface area (TPSA) is 46.2 Å². The van der Waals surface area contributed by atoms with Crippen LogP contribution in [-0.4, -0.2) is 16.4 Å². The summed E-state index contributed by atoms with van der Waals surface area (Å²) >= 11 is 0. The smallest absolute Gasteiger partial charge is 0.255 e. The molecule has 1 N–H and O–H groups in total. The number of benzene rings is 2. The van der Waals surface area contributed by atoms with Gasteiger partial charge in [0.15, 0.2) is 0 Å². The zero-order chi connectivity index (χ0) is 14.7. The lowest BCUT2D eigenvalue weighted by atomic mass is 10.1. The molecule has 1 unspecified atom stereocenters. The van der Waals surface area contributed by atoms with Gasteiger partial charge in [-0.3, -0.25) is 9.00 Å². The van der Waals surface area contributed by atoms with Crippen molar-refractivity contribution < 1.29 is 13.4 Å². The molecule has 104 valence electrons. The molecule has 0 saturated heterocycles. The summed E-state index contributed by atoms with van der Waals surface area (Å²) in [6.07, 6.45) is 1.57. The third-order valence-electron chi connectivity index (χ3n) is 2.90. The van der Waals surface area contributed by atoms with E-state index in [0.717, 1.165) is 5.56 Å². The predicted octanol–water partition coefficient (Wildman–Crippen LogP) is 3.12. The van der Waals surface area contributed by atoms with Gasteiger partial charge in [0.1, 0.15) is 5.82 Å². The van der Waals surface area contributed by atoms with E-state index in [9.17, 15) is 13.4 Å². The Morgan fingerprint density at radius 1 is 1.15 bits per heavy atom.